The van der Waals surface area contributed by atoms with Crippen molar-refractivity contribution in [3.8, 4) is 0 Å². The minimum Gasteiger partial charge on any atom is -0.394 e. The molecule has 22 heavy (non-hydrogen) atoms. The number of aliphatic hydroxyl groups is 1. The van der Waals surface area contributed by atoms with Crippen molar-refractivity contribution in [2.75, 3.05) is 26.4 Å². The van der Waals surface area contributed by atoms with Gasteiger partial charge in [-0.25, -0.2) is 13.1 Å². The van der Waals surface area contributed by atoms with Crippen molar-refractivity contribution >= 4 is 10.0 Å². The second-order valence-corrected chi connectivity index (χ2v) is 8.13. The molecule has 2 N–H and O–H groups in total. The van der Waals surface area contributed by atoms with Crippen LogP contribution in [0.2, 0.25) is 0 Å². The molecule has 0 aliphatic rings. The van der Waals surface area contributed by atoms with Gasteiger partial charge in [-0.1, -0.05) is 20.8 Å². The minimum atomic E-state index is -3.65. The summed E-state index contributed by atoms with van der Waals surface area (Å²) >= 11 is 0. The molecule has 0 aliphatic carbocycles. The molecule has 1 aromatic heterocycles. The van der Waals surface area contributed by atoms with E-state index in [0.717, 1.165) is 0 Å². The van der Waals surface area contributed by atoms with E-state index in [9.17, 15) is 8.42 Å². The molecule has 7 nitrogen and oxygen atoms in total. The molecule has 0 spiro atoms. The van der Waals surface area contributed by atoms with Crippen LogP contribution in [-0.4, -0.2) is 49.7 Å². The summed E-state index contributed by atoms with van der Waals surface area (Å²) in [7, 11) is -3.65. The van der Waals surface area contributed by atoms with Gasteiger partial charge in [0, 0.05) is 24.2 Å². The van der Waals surface area contributed by atoms with Crippen LogP contribution in [0.1, 0.15) is 46.4 Å². The maximum Gasteiger partial charge on any atom is 0.244 e. The summed E-state index contributed by atoms with van der Waals surface area (Å²) in [6.45, 7) is 10.2. The van der Waals surface area contributed by atoms with Crippen LogP contribution in [0.5, 0.6) is 0 Å². The van der Waals surface area contributed by atoms with Gasteiger partial charge in [-0.3, -0.25) is 4.68 Å². The molecule has 0 unspecified atom stereocenters. The molecule has 0 fully saturated rings. The summed E-state index contributed by atoms with van der Waals surface area (Å²) in [5, 5.41) is 13.0. The highest BCUT2D eigenvalue weighted by atomic mass is 32.2. The van der Waals surface area contributed by atoms with Crippen LogP contribution in [-0.2, 0) is 20.2 Å². The molecule has 0 aliphatic heterocycles. The summed E-state index contributed by atoms with van der Waals surface area (Å²) in [6.07, 6.45) is 1.57. The zero-order chi connectivity index (χ0) is 17.0. The number of ether oxygens (including phenoxy) is 1. The molecule has 0 radical (unpaired) electrons. The summed E-state index contributed by atoms with van der Waals surface area (Å²) < 4.78 is 34.2. The van der Waals surface area contributed by atoms with Crippen molar-refractivity contribution in [2.45, 2.75) is 51.0 Å². The maximum absolute atomic E-state index is 12.5. The Morgan fingerprint density at radius 2 is 2.00 bits per heavy atom. The van der Waals surface area contributed by atoms with Crippen molar-refractivity contribution in [1.82, 2.24) is 14.5 Å². The topological polar surface area (TPSA) is 93.5 Å². The molecule has 1 aromatic rings. The van der Waals surface area contributed by atoms with Gasteiger partial charge in [0.15, 0.2) is 0 Å². The van der Waals surface area contributed by atoms with Crippen LogP contribution < -0.4 is 4.72 Å². The highest BCUT2D eigenvalue weighted by Crippen LogP contribution is 2.28. The quantitative estimate of drug-likeness (QED) is 0.694. The monoisotopic (exact) mass is 333 g/mol. The number of aromatic nitrogens is 2. The highest BCUT2D eigenvalue weighted by molar-refractivity contribution is 7.89. The van der Waals surface area contributed by atoms with Gasteiger partial charge in [-0.2, -0.15) is 5.10 Å². The van der Waals surface area contributed by atoms with Gasteiger partial charge in [0.2, 0.25) is 10.0 Å². The van der Waals surface area contributed by atoms with E-state index < -0.39 is 10.0 Å². The van der Waals surface area contributed by atoms with Gasteiger partial charge < -0.3 is 9.84 Å². The smallest absolute Gasteiger partial charge is 0.244 e. The molecule has 0 amide bonds. The lowest BCUT2D eigenvalue weighted by molar-refractivity contribution is 0.0961. The molecule has 128 valence electrons. The molecule has 1 heterocycles. The highest BCUT2D eigenvalue weighted by Gasteiger charge is 2.30. The Kier molecular flexibility index (Phi) is 6.54. The van der Waals surface area contributed by atoms with E-state index in [2.05, 4.69) is 9.82 Å². The van der Waals surface area contributed by atoms with Crippen LogP contribution in [0.4, 0.5) is 0 Å². The van der Waals surface area contributed by atoms with Gasteiger partial charge >= 0.3 is 0 Å². The maximum atomic E-state index is 12.5. The zero-order valence-corrected chi connectivity index (χ0v) is 14.8. The summed E-state index contributed by atoms with van der Waals surface area (Å²) in [6, 6.07) is 0.0814. The van der Waals surface area contributed by atoms with Gasteiger partial charge in [-0.05, 0) is 13.8 Å². The Labute approximate surface area is 132 Å². The van der Waals surface area contributed by atoms with Crippen LogP contribution in [0, 0.1) is 0 Å². The number of sulfonamides is 1. The van der Waals surface area contributed by atoms with Crippen molar-refractivity contribution in [3.05, 3.63) is 11.9 Å². The first-order valence-electron chi connectivity index (χ1n) is 7.37. The third kappa shape index (κ3) is 5.05. The lowest BCUT2D eigenvalue weighted by Gasteiger charge is -2.17. The lowest BCUT2D eigenvalue weighted by atomic mass is 9.92. The fraction of sp³-hybridized carbons (Fsp3) is 0.786. The fourth-order valence-electron chi connectivity index (χ4n) is 1.85. The standard InChI is InChI=1S/C14H27N3O4S/c1-11(2)17-10-12(13(16-17)14(3,4)5)22(19,20)15-6-8-21-9-7-18/h10-11,15,18H,6-9H2,1-5H3. The Hall–Kier alpha value is -0.960. The number of hydrogen-bond acceptors (Lipinski definition) is 5. The fourth-order valence-corrected chi connectivity index (χ4v) is 3.20. The minimum absolute atomic E-state index is 0.0813. The van der Waals surface area contributed by atoms with Crippen LogP contribution in [0.15, 0.2) is 11.1 Å². The molecule has 0 bridgehead atoms. The first-order valence-corrected chi connectivity index (χ1v) is 8.86. The second-order valence-electron chi connectivity index (χ2n) is 6.40. The SMILES string of the molecule is CC(C)n1cc(S(=O)(=O)NCCOCCO)c(C(C)(C)C)n1. The average Bonchev–Trinajstić information content (AvgIpc) is 2.84. The van der Waals surface area contributed by atoms with Crippen molar-refractivity contribution < 1.29 is 18.3 Å². The van der Waals surface area contributed by atoms with E-state index in [4.69, 9.17) is 9.84 Å². The largest absolute Gasteiger partial charge is 0.394 e. The average molecular weight is 333 g/mol. The number of nitrogens with one attached hydrogen (secondary N) is 1. The normalized spacial score (nSPS) is 13.0. The van der Waals surface area contributed by atoms with Crippen LogP contribution in [0.25, 0.3) is 0 Å². The number of aliphatic hydroxyl groups excluding tert-OH is 1. The van der Waals surface area contributed by atoms with E-state index in [1.807, 2.05) is 34.6 Å². The van der Waals surface area contributed by atoms with E-state index >= 15 is 0 Å². The molecule has 0 atom stereocenters. The van der Waals surface area contributed by atoms with Crippen molar-refractivity contribution in [2.24, 2.45) is 0 Å². The molecule has 1 rings (SSSR count). The predicted octanol–water partition coefficient (Wildman–Crippen LogP) is 1.05. The van der Waals surface area contributed by atoms with Gasteiger partial charge in [0.05, 0.1) is 25.5 Å². The molecule has 0 saturated carbocycles. The van der Waals surface area contributed by atoms with Crippen LogP contribution >= 0.6 is 0 Å². The Morgan fingerprint density at radius 1 is 1.36 bits per heavy atom. The first-order chi connectivity index (χ1) is 10.1. The first kappa shape index (κ1) is 19.1. The number of hydrogen-bond donors (Lipinski definition) is 2. The summed E-state index contributed by atoms with van der Waals surface area (Å²) in [5.74, 6) is 0. The third-order valence-electron chi connectivity index (χ3n) is 3.00. The van der Waals surface area contributed by atoms with E-state index in [1.54, 1.807) is 10.9 Å². The predicted molar refractivity (Wildman–Crippen MR) is 84.4 cm³/mol. The second kappa shape index (κ2) is 7.54. The molecule has 8 heteroatoms. The Morgan fingerprint density at radius 3 is 2.50 bits per heavy atom. The zero-order valence-electron chi connectivity index (χ0n) is 14.0. The third-order valence-corrected chi connectivity index (χ3v) is 4.46. The van der Waals surface area contributed by atoms with E-state index in [1.165, 1.54) is 0 Å². The van der Waals surface area contributed by atoms with E-state index in [0.29, 0.717) is 5.69 Å². The van der Waals surface area contributed by atoms with Crippen molar-refractivity contribution in [3.63, 3.8) is 0 Å². The van der Waals surface area contributed by atoms with Gasteiger partial charge in [-0.15, -0.1) is 0 Å². The molecular weight excluding hydrogens is 306 g/mol. The Balaban J connectivity index is 2.97. The van der Waals surface area contributed by atoms with Crippen LogP contribution in [0.3, 0.4) is 0 Å². The summed E-state index contributed by atoms with van der Waals surface area (Å²) in [5.41, 5.74) is 0.169. The van der Waals surface area contributed by atoms with Gasteiger partial charge in [0.25, 0.3) is 0 Å². The molecule has 0 aromatic carbocycles. The Bertz CT molecular complexity index is 573. The molecular formula is C14H27N3O4S. The van der Waals surface area contributed by atoms with E-state index in [-0.39, 0.29) is 42.7 Å². The molecule has 0 saturated heterocycles. The number of nitrogens with zero attached hydrogens (tertiary/aromatic N) is 2. The number of rotatable bonds is 8. The lowest BCUT2D eigenvalue weighted by Crippen LogP contribution is -2.29. The van der Waals surface area contributed by atoms with Crippen molar-refractivity contribution in [1.29, 1.82) is 0 Å². The summed E-state index contributed by atoms with van der Waals surface area (Å²) in [4.78, 5) is 0.204. The van der Waals surface area contributed by atoms with Gasteiger partial charge in [0.1, 0.15) is 4.90 Å².